The number of carbonyl (C=O) groups excluding carboxylic acids is 2. The van der Waals surface area contributed by atoms with Crippen LogP contribution in [0.15, 0.2) is 40.9 Å². The van der Waals surface area contributed by atoms with Gasteiger partial charge in [0.05, 0.1) is 6.54 Å². The Morgan fingerprint density at radius 3 is 2.55 bits per heavy atom. The largest absolute Gasteiger partial charge is 0.359 e. The topological polar surface area (TPSA) is 75.4 Å². The van der Waals surface area contributed by atoms with Crippen LogP contribution in [0.25, 0.3) is 0 Å². The number of nitrogens with one attached hydrogen (secondary N) is 1. The van der Waals surface area contributed by atoms with E-state index in [1.807, 2.05) is 49.1 Å². The monoisotopic (exact) mass is 397 g/mol. The van der Waals surface area contributed by atoms with Gasteiger partial charge in [-0.05, 0) is 24.3 Å². The highest BCUT2D eigenvalue weighted by Crippen LogP contribution is 2.27. The van der Waals surface area contributed by atoms with Gasteiger partial charge in [-0.1, -0.05) is 68.6 Å². The first kappa shape index (κ1) is 21.1. The summed E-state index contributed by atoms with van der Waals surface area (Å²) in [5, 5.41) is 6.74. The highest BCUT2D eigenvalue weighted by Gasteiger charge is 2.27. The third-order valence-corrected chi connectivity index (χ3v) is 5.29. The SMILES string of the molecule is CC(C)CNC(=O)c1cc(CN(Cc2ccccc2)C(=O)C2CCCCC2)on1. The predicted molar refractivity (Wildman–Crippen MR) is 111 cm³/mol. The van der Waals surface area contributed by atoms with Gasteiger partial charge in [-0.25, -0.2) is 0 Å². The molecule has 0 atom stereocenters. The van der Waals surface area contributed by atoms with E-state index >= 15 is 0 Å². The summed E-state index contributed by atoms with van der Waals surface area (Å²) in [6, 6.07) is 11.6. The maximum atomic E-state index is 13.2. The Bertz CT molecular complexity index is 795. The minimum atomic E-state index is -0.248. The Labute approximate surface area is 172 Å². The minimum Gasteiger partial charge on any atom is -0.359 e. The first-order valence-corrected chi connectivity index (χ1v) is 10.6. The van der Waals surface area contributed by atoms with Crippen molar-refractivity contribution in [3.63, 3.8) is 0 Å². The van der Waals surface area contributed by atoms with Crippen molar-refractivity contribution >= 4 is 11.8 Å². The van der Waals surface area contributed by atoms with E-state index < -0.39 is 0 Å². The van der Waals surface area contributed by atoms with Gasteiger partial charge in [0.2, 0.25) is 5.91 Å². The van der Waals surface area contributed by atoms with Crippen LogP contribution in [0.2, 0.25) is 0 Å². The molecule has 1 N–H and O–H groups in total. The Morgan fingerprint density at radius 1 is 1.14 bits per heavy atom. The smallest absolute Gasteiger partial charge is 0.273 e. The molecular weight excluding hydrogens is 366 g/mol. The molecule has 0 spiro atoms. The fraction of sp³-hybridized carbons (Fsp3) is 0.522. The molecule has 6 nitrogen and oxygen atoms in total. The summed E-state index contributed by atoms with van der Waals surface area (Å²) in [7, 11) is 0. The van der Waals surface area contributed by atoms with Crippen molar-refractivity contribution in [2.24, 2.45) is 11.8 Å². The molecule has 1 aromatic carbocycles. The van der Waals surface area contributed by atoms with Crippen molar-refractivity contribution in [3.05, 3.63) is 53.4 Å². The Hall–Kier alpha value is -2.63. The molecule has 2 aromatic rings. The van der Waals surface area contributed by atoms with Gasteiger partial charge in [0.1, 0.15) is 0 Å². The number of hydrogen-bond acceptors (Lipinski definition) is 4. The van der Waals surface area contributed by atoms with Crippen LogP contribution < -0.4 is 5.32 Å². The van der Waals surface area contributed by atoms with Gasteiger partial charge in [0.15, 0.2) is 11.5 Å². The second kappa shape index (κ2) is 10.2. The number of amides is 2. The molecule has 3 rings (SSSR count). The molecule has 1 aliphatic carbocycles. The van der Waals surface area contributed by atoms with Gasteiger partial charge in [0, 0.05) is 25.1 Å². The maximum Gasteiger partial charge on any atom is 0.273 e. The highest BCUT2D eigenvalue weighted by atomic mass is 16.5. The van der Waals surface area contributed by atoms with Crippen molar-refractivity contribution in [3.8, 4) is 0 Å². The van der Waals surface area contributed by atoms with Crippen molar-refractivity contribution in [2.45, 2.75) is 59.0 Å². The molecule has 1 aromatic heterocycles. The van der Waals surface area contributed by atoms with Gasteiger partial charge >= 0.3 is 0 Å². The summed E-state index contributed by atoms with van der Waals surface area (Å²) in [4.78, 5) is 27.3. The van der Waals surface area contributed by atoms with Gasteiger partial charge in [-0.2, -0.15) is 0 Å². The normalized spacial score (nSPS) is 14.7. The van der Waals surface area contributed by atoms with Crippen molar-refractivity contribution in [1.29, 1.82) is 0 Å². The van der Waals surface area contributed by atoms with E-state index in [4.69, 9.17) is 4.52 Å². The molecule has 0 radical (unpaired) electrons. The summed E-state index contributed by atoms with van der Waals surface area (Å²) in [5.41, 5.74) is 1.33. The van der Waals surface area contributed by atoms with Crippen LogP contribution in [-0.2, 0) is 17.9 Å². The molecule has 2 amide bonds. The summed E-state index contributed by atoms with van der Waals surface area (Å²) >= 11 is 0. The Morgan fingerprint density at radius 2 is 1.86 bits per heavy atom. The third-order valence-electron chi connectivity index (χ3n) is 5.29. The molecule has 1 fully saturated rings. The molecule has 0 aliphatic heterocycles. The average Bonchev–Trinajstić information content (AvgIpc) is 3.21. The van der Waals surface area contributed by atoms with E-state index in [1.165, 1.54) is 6.42 Å². The first-order chi connectivity index (χ1) is 14.0. The number of nitrogens with zero attached hydrogens (tertiary/aromatic N) is 2. The van der Waals surface area contributed by atoms with Crippen molar-refractivity contribution in [1.82, 2.24) is 15.4 Å². The lowest BCUT2D eigenvalue weighted by molar-refractivity contribution is -0.138. The second-order valence-corrected chi connectivity index (χ2v) is 8.30. The van der Waals surface area contributed by atoms with Crippen LogP contribution in [0.3, 0.4) is 0 Å². The van der Waals surface area contributed by atoms with E-state index in [0.29, 0.717) is 31.3 Å². The molecule has 6 heteroatoms. The van der Waals surface area contributed by atoms with Crippen LogP contribution in [0, 0.1) is 11.8 Å². The zero-order valence-electron chi connectivity index (χ0n) is 17.4. The maximum absolute atomic E-state index is 13.2. The fourth-order valence-corrected chi connectivity index (χ4v) is 3.69. The standard InChI is InChI=1S/C23H31N3O3/c1-17(2)14-24-22(27)21-13-20(29-25-21)16-26(15-18-9-5-3-6-10-18)23(28)19-11-7-4-8-12-19/h3,5-6,9-10,13,17,19H,4,7-8,11-12,14-16H2,1-2H3,(H,24,27). The van der Waals surface area contributed by atoms with Gasteiger partial charge in [-0.15, -0.1) is 0 Å². The lowest BCUT2D eigenvalue weighted by Crippen LogP contribution is -2.36. The first-order valence-electron chi connectivity index (χ1n) is 10.6. The van der Waals surface area contributed by atoms with Gasteiger partial charge < -0.3 is 14.7 Å². The number of rotatable bonds is 8. The number of aromatic nitrogens is 1. The summed E-state index contributed by atoms with van der Waals surface area (Å²) in [6.07, 6.45) is 5.32. The summed E-state index contributed by atoms with van der Waals surface area (Å²) < 4.78 is 5.39. The molecule has 0 unspecified atom stereocenters. The Balaban J connectivity index is 1.70. The number of carbonyl (C=O) groups is 2. The number of benzene rings is 1. The lowest BCUT2D eigenvalue weighted by atomic mass is 9.88. The predicted octanol–water partition coefficient (Wildman–Crippen LogP) is 4.17. The summed E-state index contributed by atoms with van der Waals surface area (Å²) in [6.45, 7) is 5.49. The summed E-state index contributed by atoms with van der Waals surface area (Å²) in [5.74, 6) is 0.876. The van der Waals surface area contributed by atoms with Crippen molar-refractivity contribution in [2.75, 3.05) is 6.54 Å². The molecule has 1 aliphatic rings. The van der Waals surface area contributed by atoms with Gasteiger partial charge in [-0.3, -0.25) is 9.59 Å². The van der Waals surface area contributed by atoms with Crippen LogP contribution in [-0.4, -0.2) is 28.4 Å². The molecule has 0 saturated heterocycles. The Kier molecular flexibility index (Phi) is 7.44. The van der Waals surface area contributed by atoms with E-state index in [-0.39, 0.29) is 23.4 Å². The fourth-order valence-electron chi connectivity index (χ4n) is 3.69. The molecular formula is C23H31N3O3. The second-order valence-electron chi connectivity index (χ2n) is 8.30. The average molecular weight is 398 g/mol. The van der Waals surface area contributed by atoms with Crippen molar-refractivity contribution < 1.29 is 14.1 Å². The lowest BCUT2D eigenvalue weighted by Gasteiger charge is -2.28. The molecule has 29 heavy (non-hydrogen) atoms. The van der Waals surface area contributed by atoms with E-state index in [1.54, 1.807) is 6.07 Å². The zero-order chi connectivity index (χ0) is 20.6. The third kappa shape index (κ3) is 6.17. The molecule has 156 valence electrons. The number of hydrogen-bond donors (Lipinski definition) is 1. The van der Waals surface area contributed by atoms with E-state index in [2.05, 4.69) is 10.5 Å². The zero-order valence-corrected chi connectivity index (χ0v) is 17.4. The van der Waals surface area contributed by atoms with E-state index in [0.717, 1.165) is 31.2 Å². The molecule has 1 saturated carbocycles. The molecule has 0 bridgehead atoms. The van der Waals surface area contributed by atoms with Crippen LogP contribution in [0.4, 0.5) is 0 Å². The minimum absolute atomic E-state index is 0.0733. The van der Waals surface area contributed by atoms with Crippen LogP contribution >= 0.6 is 0 Å². The highest BCUT2D eigenvalue weighted by molar-refractivity contribution is 5.92. The van der Waals surface area contributed by atoms with E-state index in [9.17, 15) is 9.59 Å². The van der Waals surface area contributed by atoms with Gasteiger partial charge in [0.25, 0.3) is 5.91 Å². The molecule has 1 heterocycles. The van der Waals surface area contributed by atoms with Crippen LogP contribution in [0.1, 0.15) is 67.8 Å². The quantitative estimate of drug-likeness (QED) is 0.725. The van der Waals surface area contributed by atoms with Crippen LogP contribution in [0.5, 0.6) is 0 Å².